The van der Waals surface area contributed by atoms with Gasteiger partial charge in [-0.15, -0.1) is 13.2 Å². The minimum atomic E-state index is 0.446. The summed E-state index contributed by atoms with van der Waals surface area (Å²) in [7, 11) is 0. The quantitative estimate of drug-likeness (QED) is 0.503. The molecule has 0 aromatic heterocycles. The van der Waals surface area contributed by atoms with Crippen LogP contribution in [0.15, 0.2) is 37.5 Å². The lowest BCUT2D eigenvalue weighted by atomic mass is 10.1. The first-order chi connectivity index (χ1) is 4.35. The second kappa shape index (κ2) is 5.36. The van der Waals surface area contributed by atoms with E-state index < -0.39 is 0 Å². The molecule has 0 amide bonds. The van der Waals surface area contributed by atoms with Crippen molar-refractivity contribution < 1.29 is 0 Å². The van der Waals surface area contributed by atoms with E-state index in [1.54, 1.807) is 0 Å². The summed E-state index contributed by atoms with van der Waals surface area (Å²) >= 11 is 0. The van der Waals surface area contributed by atoms with Gasteiger partial charge in [0.1, 0.15) is 0 Å². The van der Waals surface area contributed by atoms with Gasteiger partial charge in [-0.3, -0.25) is 0 Å². The highest BCUT2D eigenvalue weighted by Crippen LogP contribution is 2.05. The molecule has 0 atom stereocenters. The largest absolute Gasteiger partial charge is 0.102 e. The van der Waals surface area contributed by atoms with Crippen molar-refractivity contribution in [3.05, 3.63) is 37.5 Å². The lowest BCUT2D eigenvalue weighted by Gasteiger charge is -1.99. The molecule has 0 aliphatic carbocycles. The highest BCUT2D eigenvalue weighted by Gasteiger charge is 1.91. The van der Waals surface area contributed by atoms with Crippen LogP contribution >= 0.6 is 0 Å². The summed E-state index contributed by atoms with van der Waals surface area (Å²) < 4.78 is 0. The molecule has 0 N–H and O–H groups in total. The van der Waals surface area contributed by atoms with Crippen LogP contribution in [0.3, 0.4) is 0 Å². The molecule has 0 unspecified atom stereocenters. The molecule has 0 saturated heterocycles. The van der Waals surface area contributed by atoms with Gasteiger partial charge in [0.2, 0.25) is 0 Å². The Morgan fingerprint density at radius 2 is 1.89 bits per heavy atom. The van der Waals surface area contributed by atoms with E-state index in [0.717, 1.165) is 6.42 Å². The molecule has 0 aromatic rings. The summed E-state index contributed by atoms with van der Waals surface area (Å²) in [5.74, 6) is 0.446. The predicted octanol–water partition coefficient (Wildman–Crippen LogP) is 2.94. The van der Waals surface area contributed by atoms with Crippen LogP contribution in [0.25, 0.3) is 0 Å². The van der Waals surface area contributed by atoms with Crippen molar-refractivity contribution in [3.63, 3.8) is 0 Å². The normalized spacial score (nSPS) is 10.4. The Morgan fingerprint density at radius 3 is 2.22 bits per heavy atom. The van der Waals surface area contributed by atoms with Gasteiger partial charge in [-0.25, -0.2) is 0 Å². The Morgan fingerprint density at radius 1 is 1.33 bits per heavy atom. The van der Waals surface area contributed by atoms with E-state index in [2.05, 4.69) is 19.2 Å². The minimum Gasteiger partial charge on any atom is -0.102 e. The summed E-state index contributed by atoms with van der Waals surface area (Å²) in [4.78, 5) is 0. The van der Waals surface area contributed by atoms with Crippen LogP contribution < -0.4 is 0 Å². The number of hydrogen-bond donors (Lipinski definition) is 0. The minimum absolute atomic E-state index is 0.446. The number of allylic oxidation sites excluding steroid dienone is 4. The third-order valence-electron chi connectivity index (χ3n) is 1.25. The van der Waals surface area contributed by atoms with Crippen LogP contribution in [-0.4, -0.2) is 0 Å². The SMILES string of the molecule is C=CC(C=C)CC=CC. The van der Waals surface area contributed by atoms with Crippen molar-refractivity contribution in [2.75, 3.05) is 0 Å². The van der Waals surface area contributed by atoms with E-state index in [9.17, 15) is 0 Å². The van der Waals surface area contributed by atoms with Gasteiger partial charge in [-0.2, -0.15) is 0 Å². The van der Waals surface area contributed by atoms with Crippen LogP contribution in [-0.2, 0) is 0 Å². The van der Waals surface area contributed by atoms with Gasteiger partial charge in [-0.1, -0.05) is 24.3 Å². The molecule has 0 heterocycles. The Bertz CT molecular complexity index is 101. The van der Waals surface area contributed by atoms with Crippen LogP contribution in [0, 0.1) is 5.92 Å². The average molecular weight is 122 g/mol. The summed E-state index contributed by atoms with van der Waals surface area (Å²) in [5, 5.41) is 0. The molecule has 0 aliphatic rings. The molecule has 0 fully saturated rings. The van der Waals surface area contributed by atoms with Crippen molar-refractivity contribution in [3.8, 4) is 0 Å². The molecule has 0 radical (unpaired) electrons. The first-order valence-corrected chi connectivity index (χ1v) is 3.21. The van der Waals surface area contributed by atoms with Crippen LogP contribution in [0.4, 0.5) is 0 Å². The molecule has 0 saturated carbocycles. The summed E-state index contributed by atoms with van der Waals surface area (Å²) in [5.41, 5.74) is 0. The topological polar surface area (TPSA) is 0 Å². The molecule has 0 spiro atoms. The van der Waals surface area contributed by atoms with E-state index in [1.165, 1.54) is 0 Å². The zero-order valence-electron chi connectivity index (χ0n) is 6.01. The third kappa shape index (κ3) is 3.77. The average Bonchev–Trinajstić information content (AvgIpc) is 1.91. The van der Waals surface area contributed by atoms with Gasteiger partial charge >= 0.3 is 0 Å². The highest BCUT2D eigenvalue weighted by atomic mass is 14.0. The maximum absolute atomic E-state index is 3.68. The summed E-state index contributed by atoms with van der Waals surface area (Å²) in [6.07, 6.45) is 9.01. The molecule has 0 rings (SSSR count). The molecule has 0 aliphatic heterocycles. The fourth-order valence-electron chi connectivity index (χ4n) is 0.582. The van der Waals surface area contributed by atoms with Gasteiger partial charge < -0.3 is 0 Å². The van der Waals surface area contributed by atoms with Crippen LogP contribution in [0.1, 0.15) is 13.3 Å². The van der Waals surface area contributed by atoms with Crippen molar-refractivity contribution in [1.82, 2.24) is 0 Å². The van der Waals surface area contributed by atoms with Crippen molar-refractivity contribution in [2.24, 2.45) is 5.92 Å². The molecule has 50 valence electrons. The maximum atomic E-state index is 3.68. The molecule has 0 nitrogen and oxygen atoms in total. The Kier molecular flexibility index (Phi) is 4.89. The van der Waals surface area contributed by atoms with Crippen molar-refractivity contribution in [1.29, 1.82) is 0 Å². The number of hydrogen-bond acceptors (Lipinski definition) is 0. The highest BCUT2D eigenvalue weighted by molar-refractivity contribution is 4.96. The van der Waals surface area contributed by atoms with Crippen molar-refractivity contribution >= 4 is 0 Å². The summed E-state index contributed by atoms with van der Waals surface area (Å²) in [6, 6.07) is 0. The van der Waals surface area contributed by atoms with E-state index in [0.29, 0.717) is 5.92 Å². The Balaban J connectivity index is 3.55. The first kappa shape index (κ1) is 8.22. The predicted molar refractivity (Wildman–Crippen MR) is 43.3 cm³/mol. The van der Waals surface area contributed by atoms with Gasteiger partial charge in [0.25, 0.3) is 0 Å². The van der Waals surface area contributed by atoms with Crippen molar-refractivity contribution in [2.45, 2.75) is 13.3 Å². The zero-order chi connectivity index (χ0) is 7.11. The molecule has 0 aromatic carbocycles. The monoisotopic (exact) mass is 122 g/mol. The molecular formula is C9H14. The van der Waals surface area contributed by atoms with Gasteiger partial charge in [0.05, 0.1) is 0 Å². The van der Waals surface area contributed by atoms with E-state index in [1.807, 2.05) is 25.2 Å². The van der Waals surface area contributed by atoms with Crippen LogP contribution in [0.5, 0.6) is 0 Å². The Hall–Kier alpha value is -0.780. The maximum Gasteiger partial charge on any atom is -0.00243 e. The molecule has 0 heteroatoms. The summed E-state index contributed by atoms with van der Waals surface area (Å²) in [6.45, 7) is 9.38. The smallest absolute Gasteiger partial charge is 0.00243 e. The second-order valence-corrected chi connectivity index (χ2v) is 1.94. The first-order valence-electron chi connectivity index (χ1n) is 3.21. The van der Waals surface area contributed by atoms with Crippen LogP contribution in [0.2, 0.25) is 0 Å². The second-order valence-electron chi connectivity index (χ2n) is 1.94. The van der Waals surface area contributed by atoms with E-state index in [-0.39, 0.29) is 0 Å². The standard InChI is InChI=1S/C9H14/c1-4-7-8-9(5-2)6-3/h4-7,9H,2-3,8H2,1H3. The zero-order valence-corrected chi connectivity index (χ0v) is 6.01. The fourth-order valence-corrected chi connectivity index (χ4v) is 0.582. The molecular weight excluding hydrogens is 108 g/mol. The lowest BCUT2D eigenvalue weighted by molar-refractivity contribution is 0.836. The number of rotatable bonds is 4. The lowest BCUT2D eigenvalue weighted by Crippen LogP contribution is -1.85. The molecule has 0 bridgehead atoms. The van der Waals surface area contributed by atoms with E-state index >= 15 is 0 Å². The fraction of sp³-hybridized carbons (Fsp3) is 0.333. The Labute approximate surface area is 57.6 Å². The van der Waals surface area contributed by atoms with Gasteiger partial charge in [0, 0.05) is 0 Å². The van der Waals surface area contributed by atoms with E-state index in [4.69, 9.17) is 0 Å². The van der Waals surface area contributed by atoms with Gasteiger partial charge in [-0.05, 0) is 19.3 Å². The molecule has 9 heavy (non-hydrogen) atoms. The third-order valence-corrected chi connectivity index (χ3v) is 1.25. The van der Waals surface area contributed by atoms with Gasteiger partial charge in [0.15, 0.2) is 0 Å².